The van der Waals surface area contributed by atoms with Gasteiger partial charge in [0.2, 0.25) is 0 Å². The predicted molar refractivity (Wildman–Crippen MR) is 77.5 cm³/mol. The third kappa shape index (κ3) is 3.72. The number of halogens is 1. The van der Waals surface area contributed by atoms with Crippen molar-refractivity contribution in [3.8, 4) is 11.8 Å². The number of aromatic nitrogens is 1. The summed E-state index contributed by atoms with van der Waals surface area (Å²) in [7, 11) is 1.53. The molecule has 1 heterocycles. The first-order valence-electron chi connectivity index (χ1n) is 5.94. The molecule has 108 valence electrons. The highest BCUT2D eigenvalue weighted by molar-refractivity contribution is 8.13. The summed E-state index contributed by atoms with van der Waals surface area (Å²) in [4.78, 5) is 3.96. The van der Waals surface area contributed by atoms with E-state index in [1.807, 2.05) is 6.07 Å². The van der Waals surface area contributed by atoms with Crippen LogP contribution in [0, 0.1) is 18.3 Å². The summed E-state index contributed by atoms with van der Waals surface area (Å²) < 4.78 is 28.1. The second kappa shape index (κ2) is 6.12. The highest BCUT2D eigenvalue weighted by Gasteiger charge is 2.12. The minimum absolute atomic E-state index is 0.0214. The van der Waals surface area contributed by atoms with Crippen LogP contribution in [0.5, 0.6) is 5.75 Å². The lowest BCUT2D eigenvalue weighted by atomic mass is 10.2. The molecule has 0 amide bonds. The SMILES string of the molecule is Cc1cc(S(=O)(=O)Cl)ccc1OCc1cccnc1C#N. The van der Waals surface area contributed by atoms with Gasteiger partial charge in [0.15, 0.2) is 0 Å². The van der Waals surface area contributed by atoms with E-state index in [4.69, 9.17) is 20.7 Å². The molecule has 2 rings (SSSR count). The van der Waals surface area contributed by atoms with Gasteiger partial charge in [0.05, 0.1) is 4.90 Å². The fourth-order valence-electron chi connectivity index (χ4n) is 1.75. The number of rotatable bonds is 4. The molecule has 21 heavy (non-hydrogen) atoms. The van der Waals surface area contributed by atoms with Gasteiger partial charge in [-0.1, -0.05) is 6.07 Å². The molecule has 2 aromatic rings. The van der Waals surface area contributed by atoms with E-state index in [1.54, 1.807) is 19.1 Å². The maximum Gasteiger partial charge on any atom is 0.261 e. The van der Waals surface area contributed by atoms with E-state index in [2.05, 4.69) is 4.98 Å². The topological polar surface area (TPSA) is 80.1 Å². The Balaban J connectivity index is 2.20. The van der Waals surface area contributed by atoms with Crippen LogP contribution < -0.4 is 4.74 Å². The van der Waals surface area contributed by atoms with Crippen LogP contribution in [-0.4, -0.2) is 13.4 Å². The molecule has 0 saturated heterocycles. The van der Waals surface area contributed by atoms with Crippen molar-refractivity contribution in [2.24, 2.45) is 0 Å². The molecule has 0 aliphatic heterocycles. The third-order valence-corrected chi connectivity index (χ3v) is 4.16. The fraction of sp³-hybridized carbons (Fsp3) is 0.143. The van der Waals surface area contributed by atoms with Crippen LogP contribution in [0.15, 0.2) is 41.4 Å². The smallest absolute Gasteiger partial charge is 0.261 e. The van der Waals surface area contributed by atoms with Gasteiger partial charge in [-0.15, -0.1) is 0 Å². The summed E-state index contributed by atoms with van der Waals surface area (Å²) in [6.07, 6.45) is 1.54. The minimum atomic E-state index is -3.76. The minimum Gasteiger partial charge on any atom is -0.489 e. The van der Waals surface area contributed by atoms with Crippen LogP contribution in [0.3, 0.4) is 0 Å². The van der Waals surface area contributed by atoms with E-state index in [-0.39, 0.29) is 11.5 Å². The molecule has 5 nitrogen and oxygen atoms in total. The highest BCUT2D eigenvalue weighted by atomic mass is 35.7. The Bertz CT molecular complexity index is 813. The molecule has 0 N–H and O–H groups in total. The summed E-state index contributed by atoms with van der Waals surface area (Å²) in [6, 6.07) is 9.80. The molecule has 0 aliphatic carbocycles. The van der Waals surface area contributed by atoms with Crippen molar-refractivity contribution in [2.45, 2.75) is 18.4 Å². The van der Waals surface area contributed by atoms with Crippen molar-refractivity contribution in [3.05, 3.63) is 53.3 Å². The zero-order valence-electron chi connectivity index (χ0n) is 11.1. The molecule has 0 spiro atoms. The fourth-order valence-corrected chi connectivity index (χ4v) is 2.58. The van der Waals surface area contributed by atoms with Gasteiger partial charge in [-0.05, 0) is 36.8 Å². The first kappa shape index (κ1) is 15.3. The van der Waals surface area contributed by atoms with Gasteiger partial charge in [0.1, 0.15) is 24.1 Å². The quantitative estimate of drug-likeness (QED) is 0.808. The summed E-state index contributed by atoms with van der Waals surface area (Å²) >= 11 is 0. The van der Waals surface area contributed by atoms with Gasteiger partial charge in [-0.2, -0.15) is 5.26 Å². The van der Waals surface area contributed by atoms with Crippen molar-refractivity contribution < 1.29 is 13.2 Å². The largest absolute Gasteiger partial charge is 0.489 e. The van der Waals surface area contributed by atoms with Gasteiger partial charge in [-0.3, -0.25) is 0 Å². The van der Waals surface area contributed by atoms with Crippen molar-refractivity contribution in [3.63, 3.8) is 0 Å². The molecular weight excluding hydrogens is 312 g/mol. The normalized spacial score (nSPS) is 10.9. The van der Waals surface area contributed by atoms with Crippen molar-refractivity contribution in [2.75, 3.05) is 0 Å². The predicted octanol–water partition coefficient (Wildman–Crippen LogP) is 2.77. The molecule has 0 bridgehead atoms. The number of nitriles is 1. The van der Waals surface area contributed by atoms with E-state index >= 15 is 0 Å². The molecule has 7 heteroatoms. The average molecular weight is 323 g/mol. The monoisotopic (exact) mass is 322 g/mol. The van der Waals surface area contributed by atoms with Crippen LogP contribution >= 0.6 is 10.7 Å². The second-order valence-electron chi connectivity index (χ2n) is 4.28. The third-order valence-electron chi connectivity index (χ3n) is 2.81. The van der Waals surface area contributed by atoms with Crippen LogP contribution in [-0.2, 0) is 15.7 Å². The lowest BCUT2D eigenvalue weighted by Crippen LogP contribution is -2.01. The van der Waals surface area contributed by atoms with Gasteiger partial charge < -0.3 is 4.74 Å². The van der Waals surface area contributed by atoms with E-state index in [1.165, 1.54) is 24.4 Å². The van der Waals surface area contributed by atoms with E-state index in [0.29, 0.717) is 22.6 Å². The number of hydrogen-bond donors (Lipinski definition) is 0. The standard InChI is InChI=1S/C14H11ClN2O3S/c1-10-7-12(21(15,18)19)4-5-14(10)20-9-11-3-2-6-17-13(11)8-16/h2-7H,9H2,1H3. The Hall–Kier alpha value is -2.10. The molecule has 0 radical (unpaired) electrons. The number of aryl methyl sites for hydroxylation is 1. The molecule has 1 aromatic carbocycles. The molecule has 0 fully saturated rings. The van der Waals surface area contributed by atoms with Crippen molar-refractivity contribution in [1.29, 1.82) is 5.26 Å². The maximum atomic E-state index is 11.2. The van der Waals surface area contributed by atoms with Crippen LogP contribution in [0.1, 0.15) is 16.8 Å². The summed E-state index contributed by atoms with van der Waals surface area (Å²) in [5.74, 6) is 0.520. The first-order chi connectivity index (χ1) is 9.91. The summed E-state index contributed by atoms with van der Waals surface area (Å²) in [5, 5.41) is 8.95. The Morgan fingerprint density at radius 2 is 2.14 bits per heavy atom. The van der Waals surface area contributed by atoms with Crippen molar-refractivity contribution >= 4 is 19.7 Å². The van der Waals surface area contributed by atoms with Gasteiger partial charge in [-0.25, -0.2) is 13.4 Å². The number of pyridine rings is 1. The van der Waals surface area contributed by atoms with Crippen LogP contribution in [0.25, 0.3) is 0 Å². The Morgan fingerprint density at radius 3 is 2.76 bits per heavy atom. The Kier molecular flexibility index (Phi) is 4.46. The van der Waals surface area contributed by atoms with Gasteiger partial charge in [0.25, 0.3) is 9.05 Å². The number of benzene rings is 1. The molecule has 0 unspecified atom stereocenters. The molecule has 0 aliphatic rings. The van der Waals surface area contributed by atoms with E-state index in [9.17, 15) is 8.42 Å². The lowest BCUT2D eigenvalue weighted by Gasteiger charge is -2.10. The number of nitrogens with zero attached hydrogens (tertiary/aromatic N) is 2. The second-order valence-corrected chi connectivity index (χ2v) is 6.84. The molecular formula is C14H11ClN2O3S. The molecule has 0 saturated carbocycles. The van der Waals surface area contributed by atoms with Gasteiger partial charge >= 0.3 is 0 Å². The molecule has 0 atom stereocenters. The Morgan fingerprint density at radius 1 is 1.38 bits per heavy atom. The Labute approximate surface area is 127 Å². The maximum absolute atomic E-state index is 11.2. The average Bonchev–Trinajstić information content (AvgIpc) is 2.45. The van der Waals surface area contributed by atoms with E-state index < -0.39 is 9.05 Å². The first-order valence-corrected chi connectivity index (χ1v) is 8.25. The lowest BCUT2D eigenvalue weighted by molar-refractivity contribution is 0.303. The van der Waals surface area contributed by atoms with Gasteiger partial charge in [0, 0.05) is 22.4 Å². The van der Waals surface area contributed by atoms with Crippen molar-refractivity contribution in [1.82, 2.24) is 4.98 Å². The summed E-state index contributed by atoms with van der Waals surface area (Å²) in [6.45, 7) is 1.89. The number of hydrogen-bond acceptors (Lipinski definition) is 5. The highest BCUT2D eigenvalue weighted by Crippen LogP contribution is 2.24. The van der Waals surface area contributed by atoms with Crippen LogP contribution in [0.4, 0.5) is 0 Å². The molecule has 1 aromatic heterocycles. The zero-order chi connectivity index (χ0) is 15.5. The van der Waals surface area contributed by atoms with E-state index in [0.717, 1.165) is 0 Å². The summed E-state index contributed by atoms with van der Waals surface area (Å²) in [5.41, 5.74) is 1.60. The number of ether oxygens (including phenoxy) is 1. The van der Waals surface area contributed by atoms with Crippen LogP contribution in [0.2, 0.25) is 0 Å². The zero-order valence-corrected chi connectivity index (χ0v) is 12.6.